The third-order valence-electron chi connectivity index (χ3n) is 1.85. The molecule has 2 N–H and O–H groups in total. The number of aliphatic hydroxyl groups excluding tert-OH is 2. The molecular weight excluding hydrogens is 406 g/mol. The quantitative estimate of drug-likeness (QED) is 0.659. The first kappa shape index (κ1) is 12.3. The summed E-state index contributed by atoms with van der Waals surface area (Å²) in [5.41, 5.74) is 0. The Morgan fingerprint density at radius 2 is 2.08 bits per heavy atom. The van der Waals surface area contributed by atoms with E-state index in [9.17, 15) is 10.2 Å². The van der Waals surface area contributed by atoms with E-state index in [0.29, 0.717) is 0 Å². The Kier molecular flexibility index (Phi) is 5.67. The van der Waals surface area contributed by atoms with E-state index in [2.05, 4.69) is 0 Å². The van der Waals surface area contributed by atoms with Crippen LogP contribution in [0.15, 0.2) is 0 Å². The molecule has 4 unspecified atom stereocenters. The molecule has 4 atom stereocenters. The Bertz CT molecular complexity index is 158. The largest absolute Gasteiger partial charge is 0.390 e. The van der Waals surface area contributed by atoms with Crippen LogP contribution in [0.25, 0.3) is 0 Å². The fourth-order valence-corrected chi connectivity index (χ4v) is 2.26. The monoisotopic (exact) mass is 416 g/mol. The lowest BCUT2D eigenvalue weighted by molar-refractivity contribution is -0.225. The van der Waals surface area contributed by atoms with Gasteiger partial charge in [-0.05, 0) is 0 Å². The van der Waals surface area contributed by atoms with Crippen LogP contribution in [-0.4, -0.2) is 41.4 Å². The number of halogens is 2. The molecule has 0 aromatic carbocycles. The minimum absolute atomic E-state index is 0.172. The summed E-state index contributed by atoms with van der Waals surface area (Å²) < 4.78 is 15.0. The Hall–Kier alpha value is 1.26. The Labute approximate surface area is 104 Å². The van der Waals surface area contributed by atoms with Gasteiger partial charge in [0.2, 0.25) is 0 Å². The maximum absolute atomic E-state index is 9.51. The summed E-state index contributed by atoms with van der Waals surface area (Å²) >= 11 is 3.43. The van der Waals surface area contributed by atoms with Crippen molar-refractivity contribution in [3.05, 3.63) is 0 Å². The second kappa shape index (κ2) is 5.98. The second-order valence-electron chi connectivity index (χ2n) is 2.76. The molecule has 1 rings (SSSR count). The highest BCUT2D eigenvalue weighted by Crippen LogP contribution is 2.23. The van der Waals surface area contributed by atoms with Gasteiger partial charge in [0.25, 0.3) is 0 Å². The van der Waals surface area contributed by atoms with Crippen LogP contribution < -0.4 is 0 Å². The number of aliphatic hydroxyl groups is 2. The van der Waals surface area contributed by atoms with Gasteiger partial charge < -0.3 is 21.1 Å². The van der Waals surface area contributed by atoms with Crippen LogP contribution in [0.3, 0.4) is 0 Å². The van der Waals surface area contributed by atoms with Gasteiger partial charge in [-0.15, -0.1) is 0 Å². The van der Waals surface area contributed by atoms with Crippen LogP contribution in [-0.2, 0) is 10.9 Å². The lowest BCUT2D eigenvalue weighted by Crippen LogP contribution is -2.50. The second-order valence-corrected chi connectivity index (χ2v) is 3.89. The molecule has 0 saturated carbocycles. The van der Waals surface area contributed by atoms with Crippen molar-refractivity contribution >= 4 is 46.0 Å². The topological polar surface area (TPSA) is 68.2 Å². The third kappa shape index (κ3) is 3.39. The lowest BCUT2D eigenvalue weighted by atomic mass is 10.0. The summed E-state index contributed by atoms with van der Waals surface area (Å²) in [4.78, 5) is 0. The normalized spacial score (nSPS) is 40.6. The Balaban J connectivity index is 2.54. The van der Waals surface area contributed by atoms with Crippen molar-refractivity contribution in [3.63, 3.8) is 0 Å². The molecule has 1 aliphatic heterocycles. The molecule has 78 valence electrons. The molecule has 0 radical (unpaired) electrons. The van der Waals surface area contributed by atoms with E-state index < -0.39 is 24.6 Å². The van der Waals surface area contributed by atoms with E-state index in [1.54, 1.807) is 46.0 Å². The first-order chi connectivity index (χ1) is 6.19. The summed E-state index contributed by atoms with van der Waals surface area (Å²) in [5, 5.41) is 18.7. The van der Waals surface area contributed by atoms with Crippen LogP contribution in [0.1, 0.15) is 6.42 Å². The van der Waals surface area contributed by atoms with Gasteiger partial charge in [-0.25, -0.2) is 0 Å². The van der Waals surface area contributed by atoms with Gasteiger partial charge in [-0.1, -0.05) is 0 Å². The maximum Gasteiger partial charge on any atom is 0.157 e. The summed E-state index contributed by atoms with van der Waals surface area (Å²) in [6, 6.07) is 0. The fraction of sp³-hybridized carbons (Fsp3) is 1.00. The van der Waals surface area contributed by atoms with E-state index in [1.807, 2.05) is 0 Å². The predicted molar refractivity (Wildman–Crippen MR) is 60.4 cm³/mol. The third-order valence-corrected chi connectivity index (χ3v) is 2.80. The van der Waals surface area contributed by atoms with E-state index in [1.165, 1.54) is 0 Å². The van der Waals surface area contributed by atoms with Gasteiger partial charge >= 0.3 is 0 Å². The number of ether oxygens (including phenoxy) is 1. The van der Waals surface area contributed by atoms with Gasteiger partial charge in [0.15, 0.2) is 6.29 Å². The smallest absolute Gasteiger partial charge is 0.157 e. The van der Waals surface area contributed by atoms with Crippen molar-refractivity contribution in [1.29, 1.82) is 0 Å². The van der Waals surface area contributed by atoms with Crippen LogP contribution in [0.4, 0.5) is 0 Å². The van der Waals surface area contributed by atoms with Crippen molar-refractivity contribution in [2.45, 2.75) is 31.0 Å². The summed E-state index contributed by atoms with van der Waals surface area (Å²) in [6.45, 7) is 0.280. The minimum Gasteiger partial charge on any atom is -0.390 e. The summed E-state index contributed by atoms with van der Waals surface area (Å²) in [6.07, 6.45) is -2.34. The average molecular weight is 416 g/mol. The molecule has 5 nitrogen and oxygen atoms in total. The first-order valence-electron chi connectivity index (χ1n) is 3.71. The van der Waals surface area contributed by atoms with Crippen molar-refractivity contribution < 1.29 is 21.1 Å². The molecule has 7 heteroatoms. The van der Waals surface area contributed by atoms with E-state index in [0.717, 1.165) is 0 Å². The highest BCUT2D eigenvalue weighted by Gasteiger charge is 2.38. The molecule has 0 aliphatic carbocycles. The van der Waals surface area contributed by atoms with Crippen molar-refractivity contribution in [1.82, 2.24) is 0 Å². The van der Waals surface area contributed by atoms with Gasteiger partial charge in [-0.3, -0.25) is 0 Å². The molecule has 0 aromatic heterocycles. The molecule has 1 aliphatic rings. The lowest BCUT2D eigenvalue weighted by Gasteiger charge is -2.35. The van der Waals surface area contributed by atoms with Crippen molar-refractivity contribution in [2.75, 3.05) is 6.61 Å². The van der Waals surface area contributed by atoms with Gasteiger partial charge in [0.05, 0.1) is 12.7 Å². The van der Waals surface area contributed by atoms with Crippen molar-refractivity contribution in [2.24, 2.45) is 0 Å². The Morgan fingerprint density at radius 1 is 1.38 bits per heavy atom. The van der Waals surface area contributed by atoms with E-state index in [4.69, 9.17) is 10.9 Å². The SMILES string of the molecule is OC1CC(O)C(OI)C(COI)O1. The zero-order valence-corrected chi connectivity index (χ0v) is 10.9. The maximum atomic E-state index is 9.51. The van der Waals surface area contributed by atoms with Gasteiger partial charge in [0.1, 0.15) is 58.2 Å². The molecule has 1 fully saturated rings. The highest BCUT2D eigenvalue weighted by atomic mass is 127. The number of rotatable bonds is 3. The highest BCUT2D eigenvalue weighted by molar-refractivity contribution is 14.1. The molecule has 1 saturated heterocycles. The van der Waals surface area contributed by atoms with Gasteiger partial charge in [0, 0.05) is 6.42 Å². The molecule has 0 bridgehead atoms. The molecule has 0 amide bonds. The zero-order valence-electron chi connectivity index (χ0n) is 6.60. The van der Waals surface area contributed by atoms with Crippen LogP contribution in [0.5, 0.6) is 0 Å². The standard InChI is InChI=1S/C6H10I2O5/c7-11-2-4-6(13-8)3(9)1-5(10)12-4/h3-6,9-10H,1-2H2. The molecule has 0 aromatic rings. The van der Waals surface area contributed by atoms with Crippen LogP contribution in [0, 0.1) is 0 Å². The first-order valence-corrected chi connectivity index (χ1v) is 5.47. The number of hydrogen-bond donors (Lipinski definition) is 2. The van der Waals surface area contributed by atoms with Gasteiger partial charge in [-0.2, -0.15) is 0 Å². The molecule has 1 heterocycles. The molecule has 0 spiro atoms. The predicted octanol–water partition coefficient (Wildman–Crippen LogP) is 0.556. The zero-order chi connectivity index (χ0) is 9.84. The Morgan fingerprint density at radius 3 is 2.62 bits per heavy atom. The minimum atomic E-state index is -0.936. The molecular formula is C6H10I2O5. The average Bonchev–Trinajstić information content (AvgIpc) is 2.04. The van der Waals surface area contributed by atoms with E-state index >= 15 is 0 Å². The van der Waals surface area contributed by atoms with Crippen LogP contribution in [0.2, 0.25) is 0 Å². The number of hydrogen-bond acceptors (Lipinski definition) is 5. The summed E-state index contributed by atoms with van der Waals surface area (Å²) in [7, 11) is 0. The van der Waals surface area contributed by atoms with Crippen LogP contribution >= 0.6 is 46.0 Å². The van der Waals surface area contributed by atoms with Crippen molar-refractivity contribution in [3.8, 4) is 0 Å². The summed E-state index contributed by atoms with van der Waals surface area (Å²) in [5.74, 6) is 0. The molecule has 13 heavy (non-hydrogen) atoms. The fourth-order valence-electron chi connectivity index (χ4n) is 1.24. The van der Waals surface area contributed by atoms with E-state index in [-0.39, 0.29) is 13.0 Å².